The van der Waals surface area contributed by atoms with Crippen molar-refractivity contribution in [1.82, 2.24) is 4.98 Å². The van der Waals surface area contributed by atoms with Gasteiger partial charge in [0.25, 0.3) is 0 Å². The van der Waals surface area contributed by atoms with Crippen LogP contribution < -0.4 is 0 Å². The number of carbonyl (C=O) groups excluding carboxylic acids is 1. The van der Waals surface area contributed by atoms with Crippen molar-refractivity contribution in [3.05, 3.63) is 53.9 Å². The van der Waals surface area contributed by atoms with Gasteiger partial charge in [0.05, 0.1) is 0 Å². The third kappa shape index (κ3) is 1.94. The highest BCUT2D eigenvalue weighted by atomic mass is 16.1. The average Bonchev–Trinajstić information content (AvgIpc) is 2.31. The van der Waals surface area contributed by atoms with Gasteiger partial charge in [-0.2, -0.15) is 0 Å². The fourth-order valence-electron chi connectivity index (χ4n) is 1.55. The summed E-state index contributed by atoms with van der Waals surface area (Å²) >= 11 is 0. The number of hydrogen-bond acceptors (Lipinski definition) is 2. The molecular formula is C13H11NO. The molecular weight excluding hydrogens is 186 g/mol. The molecule has 0 fully saturated rings. The number of rotatable bonds is 2. The quantitative estimate of drug-likeness (QED) is 0.693. The van der Waals surface area contributed by atoms with Gasteiger partial charge < -0.3 is 0 Å². The molecule has 0 atom stereocenters. The number of aldehydes is 1. The van der Waals surface area contributed by atoms with E-state index in [1.54, 1.807) is 12.4 Å². The molecule has 0 spiro atoms. The molecule has 0 bridgehead atoms. The van der Waals surface area contributed by atoms with Crippen molar-refractivity contribution in [3.63, 3.8) is 0 Å². The SMILES string of the molecule is Cc1ccc(C=O)cc1-c1cccnc1. The van der Waals surface area contributed by atoms with Crippen LogP contribution in [0.4, 0.5) is 0 Å². The van der Waals surface area contributed by atoms with Gasteiger partial charge in [0.15, 0.2) is 0 Å². The molecule has 0 saturated heterocycles. The van der Waals surface area contributed by atoms with Crippen LogP contribution in [0.5, 0.6) is 0 Å². The van der Waals surface area contributed by atoms with Crippen molar-refractivity contribution in [2.24, 2.45) is 0 Å². The molecule has 0 N–H and O–H groups in total. The molecule has 0 aliphatic heterocycles. The van der Waals surface area contributed by atoms with Gasteiger partial charge in [-0.05, 0) is 30.2 Å². The molecule has 2 nitrogen and oxygen atoms in total. The fourth-order valence-corrected chi connectivity index (χ4v) is 1.55. The third-order valence-electron chi connectivity index (χ3n) is 2.37. The summed E-state index contributed by atoms with van der Waals surface area (Å²) in [5.74, 6) is 0. The first-order valence-corrected chi connectivity index (χ1v) is 4.77. The van der Waals surface area contributed by atoms with E-state index in [2.05, 4.69) is 4.98 Å². The Labute approximate surface area is 88.6 Å². The summed E-state index contributed by atoms with van der Waals surface area (Å²) in [6, 6.07) is 9.54. The number of carbonyl (C=O) groups is 1. The molecule has 0 aliphatic rings. The summed E-state index contributed by atoms with van der Waals surface area (Å²) in [6.45, 7) is 2.02. The van der Waals surface area contributed by atoms with Crippen LogP contribution in [0.3, 0.4) is 0 Å². The minimum absolute atomic E-state index is 0.694. The number of hydrogen-bond donors (Lipinski definition) is 0. The van der Waals surface area contributed by atoms with E-state index in [-0.39, 0.29) is 0 Å². The van der Waals surface area contributed by atoms with E-state index in [0.29, 0.717) is 5.56 Å². The van der Waals surface area contributed by atoms with Crippen LogP contribution in [-0.4, -0.2) is 11.3 Å². The van der Waals surface area contributed by atoms with Gasteiger partial charge in [-0.15, -0.1) is 0 Å². The molecule has 0 radical (unpaired) electrons. The second-order valence-corrected chi connectivity index (χ2v) is 3.43. The molecule has 0 amide bonds. The Morgan fingerprint density at radius 2 is 2.13 bits per heavy atom. The lowest BCUT2D eigenvalue weighted by atomic mass is 10.00. The molecule has 74 valence electrons. The van der Waals surface area contributed by atoms with Crippen molar-refractivity contribution in [1.29, 1.82) is 0 Å². The molecule has 0 saturated carbocycles. The molecule has 2 rings (SSSR count). The van der Waals surface area contributed by atoms with Gasteiger partial charge in [0, 0.05) is 23.5 Å². The number of nitrogens with zero attached hydrogens (tertiary/aromatic N) is 1. The highest BCUT2D eigenvalue weighted by molar-refractivity contribution is 5.79. The molecule has 1 aromatic heterocycles. The van der Waals surface area contributed by atoms with E-state index in [1.165, 1.54) is 0 Å². The van der Waals surface area contributed by atoms with Crippen molar-refractivity contribution in [2.45, 2.75) is 6.92 Å². The zero-order valence-electron chi connectivity index (χ0n) is 8.47. The minimum atomic E-state index is 0.694. The van der Waals surface area contributed by atoms with Crippen molar-refractivity contribution < 1.29 is 4.79 Å². The zero-order valence-corrected chi connectivity index (χ0v) is 8.47. The van der Waals surface area contributed by atoms with E-state index in [1.807, 2.05) is 37.3 Å². The first-order valence-electron chi connectivity index (χ1n) is 4.77. The van der Waals surface area contributed by atoms with Crippen molar-refractivity contribution >= 4 is 6.29 Å². The Morgan fingerprint density at radius 3 is 2.80 bits per heavy atom. The monoisotopic (exact) mass is 197 g/mol. The summed E-state index contributed by atoms with van der Waals surface area (Å²) in [4.78, 5) is 14.8. The minimum Gasteiger partial charge on any atom is -0.298 e. The maximum absolute atomic E-state index is 10.7. The summed E-state index contributed by atoms with van der Waals surface area (Å²) < 4.78 is 0. The Kier molecular flexibility index (Phi) is 2.59. The van der Waals surface area contributed by atoms with Crippen LogP contribution in [0.1, 0.15) is 15.9 Å². The maximum atomic E-state index is 10.7. The third-order valence-corrected chi connectivity index (χ3v) is 2.37. The Bertz CT molecular complexity index is 477. The smallest absolute Gasteiger partial charge is 0.150 e. The van der Waals surface area contributed by atoms with E-state index >= 15 is 0 Å². The standard InChI is InChI=1S/C13H11NO/c1-10-4-5-11(9-15)7-13(10)12-3-2-6-14-8-12/h2-9H,1H3. The lowest BCUT2D eigenvalue weighted by molar-refractivity contribution is 0.112. The average molecular weight is 197 g/mol. The highest BCUT2D eigenvalue weighted by Crippen LogP contribution is 2.22. The molecule has 0 unspecified atom stereocenters. The van der Waals surface area contributed by atoms with E-state index in [9.17, 15) is 4.79 Å². The normalized spacial score (nSPS) is 9.93. The second-order valence-electron chi connectivity index (χ2n) is 3.43. The molecule has 0 aliphatic carbocycles. The van der Waals surface area contributed by atoms with Gasteiger partial charge >= 0.3 is 0 Å². The van der Waals surface area contributed by atoms with Gasteiger partial charge in [0.2, 0.25) is 0 Å². The van der Waals surface area contributed by atoms with Crippen LogP contribution >= 0.6 is 0 Å². The molecule has 2 aromatic rings. The number of benzene rings is 1. The van der Waals surface area contributed by atoms with Crippen LogP contribution in [0.25, 0.3) is 11.1 Å². The largest absolute Gasteiger partial charge is 0.298 e. The van der Waals surface area contributed by atoms with Crippen molar-refractivity contribution in [3.8, 4) is 11.1 Å². The predicted molar refractivity (Wildman–Crippen MR) is 59.8 cm³/mol. The predicted octanol–water partition coefficient (Wildman–Crippen LogP) is 2.87. The van der Waals surface area contributed by atoms with E-state index in [4.69, 9.17) is 0 Å². The summed E-state index contributed by atoms with van der Waals surface area (Å²) in [5.41, 5.74) is 3.94. The number of aromatic nitrogens is 1. The van der Waals surface area contributed by atoms with Gasteiger partial charge in [0.1, 0.15) is 6.29 Å². The highest BCUT2D eigenvalue weighted by Gasteiger charge is 2.02. The van der Waals surface area contributed by atoms with Crippen LogP contribution in [0, 0.1) is 6.92 Å². The van der Waals surface area contributed by atoms with E-state index in [0.717, 1.165) is 23.0 Å². The van der Waals surface area contributed by atoms with Crippen molar-refractivity contribution in [2.75, 3.05) is 0 Å². The van der Waals surface area contributed by atoms with Crippen LogP contribution in [-0.2, 0) is 0 Å². The first-order chi connectivity index (χ1) is 7.31. The summed E-state index contributed by atoms with van der Waals surface area (Å²) in [5, 5.41) is 0. The van der Waals surface area contributed by atoms with Gasteiger partial charge in [-0.1, -0.05) is 18.2 Å². The Hall–Kier alpha value is -1.96. The molecule has 1 heterocycles. The topological polar surface area (TPSA) is 30.0 Å². The Morgan fingerprint density at radius 1 is 1.27 bits per heavy atom. The Balaban J connectivity index is 2.57. The number of aryl methyl sites for hydroxylation is 1. The molecule has 15 heavy (non-hydrogen) atoms. The summed E-state index contributed by atoms with van der Waals surface area (Å²) in [6.07, 6.45) is 4.40. The molecule has 1 aromatic carbocycles. The first kappa shape index (κ1) is 9.59. The van der Waals surface area contributed by atoms with E-state index < -0.39 is 0 Å². The lowest BCUT2D eigenvalue weighted by Crippen LogP contribution is -1.87. The maximum Gasteiger partial charge on any atom is 0.150 e. The van der Waals surface area contributed by atoms with Gasteiger partial charge in [-0.3, -0.25) is 9.78 Å². The van der Waals surface area contributed by atoms with Gasteiger partial charge in [-0.25, -0.2) is 0 Å². The lowest BCUT2D eigenvalue weighted by Gasteiger charge is -2.05. The number of pyridine rings is 1. The van der Waals surface area contributed by atoms with Crippen LogP contribution in [0.15, 0.2) is 42.7 Å². The van der Waals surface area contributed by atoms with Crippen LogP contribution in [0.2, 0.25) is 0 Å². The fraction of sp³-hybridized carbons (Fsp3) is 0.0769. The second kappa shape index (κ2) is 4.05. The zero-order chi connectivity index (χ0) is 10.7. The summed E-state index contributed by atoms with van der Waals surface area (Å²) in [7, 11) is 0. The molecule has 2 heteroatoms.